The lowest BCUT2D eigenvalue weighted by molar-refractivity contribution is -0.274. The van der Waals surface area contributed by atoms with Crippen molar-refractivity contribution in [3.63, 3.8) is 0 Å². The smallest absolute Gasteiger partial charge is 0.475 e. The predicted molar refractivity (Wildman–Crippen MR) is 143 cm³/mol. The fourth-order valence-corrected chi connectivity index (χ4v) is 5.99. The second kappa shape index (κ2) is 10.1. The van der Waals surface area contributed by atoms with Crippen molar-refractivity contribution < 1.29 is 27.2 Å². The van der Waals surface area contributed by atoms with Gasteiger partial charge in [0.25, 0.3) is 5.88 Å². The zero-order chi connectivity index (χ0) is 27.9. The molecular formula is C29H33F3N4O3. The molecular weight excluding hydrogens is 509 g/mol. The molecule has 4 aromatic rings. The Morgan fingerprint density at radius 2 is 1.87 bits per heavy atom. The number of alkyl halides is 3. The third-order valence-electron chi connectivity index (χ3n) is 7.16. The normalized spacial score (nSPS) is 19.3. The number of halogens is 3. The Morgan fingerprint density at radius 3 is 2.54 bits per heavy atom. The molecule has 1 N–H and O–H groups in total. The molecule has 5 rings (SSSR count). The van der Waals surface area contributed by atoms with Crippen molar-refractivity contribution in [3.05, 3.63) is 48.2 Å². The van der Waals surface area contributed by atoms with E-state index in [4.69, 9.17) is 14.2 Å². The summed E-state index contributed by atoms with van der Waals surface area (Å²) >= 11 is 0. The third kappa shape index (κ3) is 5.84. The van der Waals surface area contributed by atoms with Crippen molar-refractivity contribution in [2.24, 2.45) is 11.3 Å². The van der Waals surface area contributed by atoms with Gasteiger partial charge in [-0.25, -0.2) is 4.98 Å². The number of benzene rings is 2. The molecule has 2 heterocycles. The average Bonchev–Trinajstić information content (AvgIpc) is 3.37. The zero-order valence-corrected chi connectivity index (χ0v) is 22.7. The molecule has 208 valence electrons. The van der Waals surface area contributed by atoms with Gasteiger partial charge in [0.05, 0.1) is 23.2 Å². The fourth-order valence-electron chi connectivity index (χ4n) is 5.99. The SMILES string of the molecule is CCOc1noc(C)c1-c1ccc2c(c1)nc(Nc1ccc(OC(F)(F)F)cc1)n2C1CC(C)CC(C)(C)C1. The molecule has 2 atom stereocenters. The number of nitrogens with one attached hydrogen (secondary N) is 1. The molecule has 2 aromatic carbocycles. The molecule has 0 aliphatic heterocycles. The van der Waals surface area contributed by atoms with Crippen LogP contribution in [0.15, 0.2) is 47.0 Å². The maximum Gasteiger partial charge on any atom is 0.573 e. The van der Waals surface area contributed by atoms with Gasteiger partial charge >= 0.3 is 6.36 Å². The molecule has 0 bridgehead atoms. The topological polar surface area (TPSA) is 74.3 Å². The van der Waals surface area contributed by atoms with Gasteiger partial charge in [-0.2, -0.15) is 0 Å². The molecule has 1 aliphatic carbocycles. The van der Waals surface area contributed by atoms with Crippen LogP contribution in [0.5, 0.6) is 11.6 Å². The summed E-state index contributed by atoms with van der Waals surface area (Å²) in [7, 11) is 0. The monoisotopic (exact) mass is 542 g/mol. The van der Waals surface area contributed by atoms with Gasteiger partial charge in [-0.1, -0.05) is 26.8 Å². The first-order valence-electron chi connectivity index (χ1n) is 13.2. The Bertz CT molecular complexity index is 1460. The van der Waals surface area contributed by atoms with E-state index in [0.717, 1.165) is 41.4 Å². The van der Waals surface area contributed by atoms with E-state index in [2.05, 4.69) is 46.6 Å². The van der Waals surface area contributed by atoms with Crippen LogP contribution in [0.1, 0.15) is 58.8 Å². The standard InChI is InChI=1S/C29H33F3N4O3/c1-6-37-26-25(18(3)39-35-26)19-7-12-24-23(14-19)34-27(36(24)21-13-17(2)15-28(4,5)16-21)33-20-8-10-22(11-9-20)38-29(30,31)32/h7-12,14,17,21H,6,13,15-16H2,1-5H3,(H,33,34). The van der Waals surface area contributed by atoms with Gasteiger partial charge in [0.2, 0.25) is 5.95 Å². The molecule has 39 heavy (non-hydrogen) atoms. The summed E-state index contributed by atoms with van der Waals surface area (Å²) in [5.41, 5.74) is 4.20. The quantitative estimate of drug-likeness (QED) is 0.253. The van der Waals surface area contributed by atoms with Gasteiger partial charge < -0.3 is 23.9 Å². The summed E-state index contributed by atoms with van der Waals surface area (Å²) in [6.07, 6.45) is -1.60. The van der Waals surface area contributed by atoms with Crippen molar-refractivity contribution in [2.45, 2.75) is 66.3 Å². The molecule has 10 heteroatoms. The van der Waals surface area contributed by atoms with Crippen LogP contribution in [-0.4, -0.2) is 27.7 Å². The molecule has 1 saturated carbocycles. The molecule has 2 unspecified atom stereocenters. The Hall–Kier alpha value is -3.69. The number of hydrogen-bond acceptors (Lipinski definition) is 6. The summed E-state index contributed by atoms with van der Waals surface area (Å²) in [4.78, 5) is 4.96. The second-order valence-electron chi connectivity index (χ2n) is 11.1. The average molecular weight is 543 g/mol. The number of aryl methyl sites for hydroxylation is 1. The van der Waals surface area contributed by atoms with Crippen LogP contribution < -0.4 is 14.8 Å². The van der Waals surface area contributed by atoms with Gasteiger partial charge in [-0.15, -0.1) is 13.2 Å². The summed E-state index contributed by atoms with van der Waals surface area (Å²) < 4.78 is 55.2. The highest BCUT2D eigenvalue weighted by Crippen LogP contribution is 2.46. The van der Waals surface area contributed by atoms with Gasteiger partial charge in [0, 0.05) is 11.7 Å². The minimum atomic E-state index is -4.74. The number of imidazole rings is 1. The molecule has 0 amide bonds. The van der Waals surface area contributed by atoms with E-state index in [1.165, 1.54) is 12.1 Å². The van der Waals surface area contributed by atoms with E-state index >= 15 is 0 Å². The van der Waals surface area contributed by atoms with Crippen molar-refractivity contribution in [2.75, 3.05) is 11.9 Å². The number of ether oxygens (including phenoxy) is 2. The number of rotatable bonds is 7. The van der Waals surface area contributed by atoms with Crippen molar-refractivity contribution >= 4 is 22.7 Å². The first-order valence-corrected chi connectivity index (χ1v) is 13.2. The van der Waals surface area contributed by atoms with Crippen LogP contribution in [0.4, 0.5) is 24.8 Å². The number of anilines is 2. The Labute approximate surface area is 225 Å². The lowest BCUT2D eigenvalue weighted by atomic mass is 9.70. The highest BCUT2D eigenvalue weighted by atomic mass is 19.4. The van der Waals surface area contributed by atoms with Gasteiger partial charge in [0.1, 0.15) is 11.5 Å². The van der Waals surface area contributed by atoms with Crippen LogP contribution >= 0.6 is 0 Å². The summed E-state index contributed by atoms with van der Waals surface area (Å²) in [6, 6.07) is 12.0. The van der Waals surface area contributed by atoms with E-state index in [0.29, 0.717) is 35.8 Å². The first-order chi connectivity index (χ1) is 18.4. The highest BCUT2D eigenvalue weighted by Gasteiger charge is 2.35. The minimum absolute atomic E-state index is 0.165. The lowest BCUT2D eigenvalue weighted by Crippen LogP contribution is -2.29. The van der Waals surface area contributed by atoms with Crippen LogP contribution in [-0.2, 0) is 0 Å². The molecule has 0 spiro atoms. The molecule has 7 nitrogen and oxygen atoms in total. The van der Waals surface area contributed by atoms with Crippen molar-refractivity contribution in [1.82, 2.24) is 14.7 Å². The van der Waals surface area contributed by atoms with E-state index in [1.54, 1.807) is 12.1 Å². The summed E-state index contributed by atoms with van der Waals surface area (Å²) in [5, 5.41) is 7.40. The molecule has 0 saturated heterocycles. The predicted octanol–water partition coefficient (Wildman–Crippen LogP) is 8.43. The molecule has 1 aliphatic rings. The van der Waals surface area contributed by atoms with Crippen molar-refractivity contribution in [1.29, 1.82) is 0 Å². The third-order valence-corrected chi connectivity index (χ3v) is 7.16. The van der Waals surface area contributed by atoms with E-state index < -0.39 is 6.36 Å². The van der Waals surface area contributed by atoms with Crippen LogP contribution in [0.25, 0.3) is 22.2 Å². The summed E-state index contributed by atoms with van der Waals surface area (Å²) in [6.45, 7) is 11.1. The second-order valence-corrected chi connectivity index (χ2v) is 11.1. The summed E-state index contributed by atoms with van der Waals surface area (Å²) in [5.74, 6) is 1.99. The number of fused-ring (bicyclic) bond motifs is 1. The molecule has 0 radical (unpaired) electrons. The van der Waals surface area contributed by atoms with Gasteiger partial charge in [-0.05, 0) is 91.6 Å². The number of aromatic nitrogens is 3. The Balaban J connectivity index is 1.57. The van der Waals surface area contributed by atoms with Crippen LogP contribution in [0.2, 0.25) is 0 Å². The Morgan fingerprint density at radius 1 is 1.13 bits per heavy atom. The Kier molecular flexibility index (Phi) is 6.99. The first kappa shape index (κ1) is 26.9. The minimum Gasteiger partial charge on any atom is -0.475 e. The molecule has 1 fully saturated rings. The van der Waals surface area contributed by atoms with E-state index in [-0.39, 0.29) is 17.2 Å². The van der Waals surface area contributed by atoms with Gasteiger partial charge in [-0.3, -0.25) is 0 Å². The lowest BCUT2D eigenvalue weighted by Gasteiger charge is -2.40. The van der Waals surface area contributed by atoms with Crippen LogP contribution in [0, 0.1) is 18.3 Å². The van der Waals surface area contributed by atoms with Gasteiger partial charge in [0.15, 0.2) is 0 Å². The largest absolute Gasteiger partial charge is 0.573 e. The highest BCUT2D eigenvalue weighted by molar-refractivity contribution is 5.86. The van der Waals surface area contributed by atoms with E-state index in [9.17, 15) is 13.2 Å². The molecule has 2 aromatic heterocycles. The fraction of sp³-hybridized carbons (Fsp3) is 0.448. The number of hydrogen-bond donors (Lipinski definition) is 1. The zero-order valence-electron chi connectivity index (χ0n) is 22.7. The van der Waals surface area contributed by atoms with Crippen molar-refractivity contribution in [3.8, 4) is 22.8 Å². The van der Waals surface area contributed by atoms with E-state index in [1.807, 2.05) is 26.0 Å². The van der Waals surface area contributed by atoms with Crippen LogP contribution in [0.3, 0.4) is 0 Å². The number of nitrogens with zero attached hydrogens (tertiary/aromatic N) is 3. The maximum absolute atomic E-state index is 12.6. The maximum atomic E-state index is 12.6.